The molecular weight excluding hydrogens is 436 g/mol. The van der Waals surface area contributed by atoms with Crippen LogP contribution in [0.25, 0.3) is 0 Å². The number of nitrogens with zero attached hydrogens (tertiary/aromatic N) is 3. The quantitative estimate of drug-likeness (QED) is 0.606. The van der Waals surface area contributed by atoms with Crippen molar-refractivity contribution in [1.82, 2.24) is 14.1 Å². The van der Waals surface area contributed by atoms with E-state index in [0.29, 0.717) is 43.2 Å². The number of hydrogen-bond acceptors (Lipinski definition) is 4. The zero-order valence-electron chi connectivity index (χ0n) is 18.5. The van der Waals surface area contributed by atoms with E-state index < -0.39 is 10.0 Å². The Morgan fingerprint density at radius 3 is 2.55 bits per heavy atom. The van der Waals surface area contributed by atoms with E-state index in [4.69, 9.17) is 0 Å². The second-order valence-corrected chi connectivity index (χ2v) is 10.7. The van der Waals surface area contributed by atoms with E-state index in [0.717, 1.165) is 30.4 Å². The minimum absolute atomic E-state index is 0.0839. The highest BCUT2D eigenvalue weighted by Gasteiger charge is 2.33. The van der Waals surface area contributed by atoms with Crippen LogP contribution in [0.3, 0.4) is 0 Å². The molecule has 33 heavy (non-hydrogen) atoms. The highest BCUT2D eigenvalue weighted by atomic mass is 32.2. The molecule has 0 spiro atoms. The molecule has 3 aromatic rings. The van der Waals surface area contributed by atoms with Crippen molar-refractivity contribution < 1.29 is 13.2 Å². The lowest BCUT2D eigenvalue weighted by atomic mass is 9.97. The number of aryl methyl sites for hydroxylation is 2. The van der Waals surface area contributed by atoms with Crippen LogP contribution in [-0.4, -0.2) is 41.5 Å². The minimum atomic E-state index is -3.54. The van der Waals surface area contributed by atoms with Gasteiger partial charge in [-0.05, 0) is 60.9 Å². The third-order valence-corrected chi connectivity index (χ3v) is 8.57. The van der Waals surface area contributed by atoms with Gasteiger partial charge in [0.15, 0.2) is 0 Å². The van der Waals surface area contributed by atoms with Crippen LogP contribution in [0.15, 0.2) is 65.7 Å². The van der Waals surface area contributed by atoms with Gasteiger partial charge >= 0.3 is 0 Å². The van der Waals surface area contributed by atoms with Crippen molar-refractivity contribution in [2.24, 2.45) is 5.92 Å². The van der Waals surface area contributed by atoms with E-state index in [-0.39, 0.29) is 11.8 Å². The molecule has 8 heteroatoms. The lowest BCUT2D eigenvalue weighted by Crippen LogP contribution is -2.41. The average molecular weight is 465 g/mol. The zero-order valence-corrected chi connectivity index (χ0v) is 19.3. The van der Waals surface area contributed by atoms with Gasteiger partial charge < -0.3 is 5.32 Å². The summed E-state index contributed by atoms with van der Waals surface area (Å²) in [6.07, 6.45) is 5.74. The van der Waals surface area contributed by atoms with E-state index in [9.17, 15) is 13.2 Å². The van der Waals surface area contributed by atoms with Gasteiger partial charge in [-0.2, -0.15) is 9.40 Å². The largest absolute Gasteiger partial charge is 0.311 e. The van der Waals surface area contributed by atoms with Crippen LogP contribution in [0.4, 0.5) is 5.82 Å². The molecule has 172 valence electrons. The second kappa shape index (κ2) is 9.11. The Labute approximate surface area is 194 Å². The van der Waals surface area contributed by atoms with Crippen LogP contribution >= 0.6 is 0 Å². The van der Waals surface area contributed by atoms with Gasteiger partial charge in [-0.25, -0.2) is 13.1 Å². The fraction of sp³-hybridized carbons (Fsp3) is 0.360. The molecule has 2 aliphatic rings. The molecule has 0 radical (unpaired) electrons. The Bertz CT molecular complexity index is 1250. The highest BCUT2D eigenvalue weighted by Crippen LogP contribution is 2.29. The van der Waals surface area contributed by atoms with E-state index in [1.165, 1.54) is 9.87 Å². The Morgan fingerprint density at radius 1 is 1.00 bits per heavy atom. The molecule has 0 saturated carbocycles. The summed E-state index contributed by atoms with van der Waals surface area (Å²) in [6.45, 7) is 1.27. The van der Waals surface area contributed by atoms with Gasteiger partial charge in [0.2, 0.25) is 15.9 Å². The predicted molar refractivity (Wildman–Crippen MR) is 126 cm³/mol. The van der Waals surface area contributed by atoms with Crippen molar-refractivity contribution in [2.45, 2.75) is 43.5 Å². The van der Waals surface area contributed by atoms with Crippen molar-refractivity contribution in [3.63, 3.8) is 0 Å². The smallest absolute Gasteiger partial charge is 0.243 e. The van der Waals surface area contributed by atoms with E-state index in [1.54, 1.807) is 23.0 Å². The van der Waals surface area contributed by atoms with Crippen molar-refractivity contribution in [3.05, 3.63) is 77.5 Å². The Kier molecular flexibility index (Phi) is 6.03. The number of benzene rings is 2. The van der Waals surface area contributed by atoms with Gasteiger partial charge in [0.05, 0.1) is 17.6 Å². The van der Waals surface area contributed by atoms with E-state index in [1.807, 2.05) is 42.5 Å². The Balaban J connectivity index is 1.20. The number of aromatic nitrogens is 2. The number of anilines is 1. The normalized spacial score (nSPS) is 17.1. The summed E-state index contributed by atoms with van der Waals surface area (Å²) >= 11 is 0. The van der Waals surface area contributed by atoms with Gasteiger partial charge in [-0.3, -0.25) is 4.79 Å². The summed E-state index contributed by atoms with van der Waals surface area (Å²) in [5.74, 6) is 0.341. The summed E-state index contributed by atoms with van der Waals surface area (Å²) in [5.41, 5.74) is 3.51. The topological polar surface area (TPSA) is 84.3 Å². The van der Waals surface area contributed by atoms with Crippen LogP contribution in [0, 0.1) is 5.92 Å². The maximum atomic E-state index is 13.2. The van der Waals surface area contributed by atoms with Gasteiger partial charge in [0.1, 0.15) is 5.82 Å². The summed E-state index contributed by atoms with van der Waals surface area (Å²) in [7, 11) is -3.54. The second-order valence-electron chi connectivity index (χ2n) is 8.81. The van der Waals surface area contributed by atoms with Gasteiger partial charge in [-0.1, -0.05) is 36.4 Å². The molecule has 1 fully saturated rings. The van der Waals surface area contributed by atoms with Crippen LogP contribution in [0.2, 0.25) is 0 Å². The molecule has 1 amide bonds. The monoisotopic (exact) mass is 464 g/mol. The number of piperidine rings is 1. The zero-order chi connectivity index (χ0) is 22.8. The van der Waals surface area contributed by atoms with E-state index in [2.05, 4.69) is 10.4 Å². The lowest BCUT2D eigenvalue weighted by molar-refractivity contribution is -0.121. The lowest BCUT2D eigenvalue weighted by Gasteiger charge is -2.30. The summed E-state index contributed by atoms with van der Waals surface area (Å²) < 4.78 is 29.6. The van der Waals surface area contributed by atoms with Gasteiger partial charge in [0, 0.05) is 25.1 Å². The van der Waals surface area contributed by atoms with Gasteiger partial charge in [0.25, 0.3) is 0 Å². The molecular formula is C25H28N4O3S. The molecule has 1 aliphatic heterocycles. The summed E-state index contributed by atoms with van der Waals surface area (Å²) in [5, 5.41) is 7.31. The number of nitrogens with one attached hydrogen (secondary N) is 1. The molecule has 1 aromatic heterocycles. The fourth-order valence-corrected chi connectivity index (χ4v) is 6.29. The first-order valence-corrected chi connectivity index (χ1v) is 12.9. The molecule has 0 bridgehead atoms. The van der Waals surface area contributed by atoms with Crippen LogP contribution in [0.5, 0.6) is 0 Å². The van der Waals surface area contributed by atoms with Crippen molar-refractivity contribution in [1.29, 1.82) is 0 Å². The average Bonchev–Trinajstić information content (AvgIpc) is 3.48. The molecule has 1 N–H and O–H groups in total. The minimum Gasteiger partial charge on any atom is -0.311 e. The summed E-state index contributed by atoms with van der Waals surface area (Å²) in [6, 6.07) is 17.3. The first kappa shape index (κ1) is 21.9. The molecule has 1 saturated heterocycles. The Morgan fingerprint density at radius 2 is 1.76 bits per heavy atom. The molecule has 7 nitrogen and oxygen atoms in total. The maximum absolute atomic E-state index is 13.2. The molecule has 1 aliphatic carbocycles. The molecule has 5 rings (SSSR count). The third kappa shape index (κ3) is 4.58. The number of amides is 1. The Hall–Kier alpha value is -2.97. The van der Waals surface area contributed by atoms with Crippen molar-refractivity contribution >= 4 is 21.7 Å². The molecule has 0 atom stereocenters. The number of carbonyl (C=O) groups excluding carboxylic acids is 1. The van der Waals surface area contributed by atoms with Crippen molar-refractivity contribution in [2.75, 3.05) is 18.4 Å². The van der Waals surface area contributed by atoms with Crippen LogP contribution in [0.1, 0.15) is 36.0 Å². The molecule has 0 unspecified atom stereocenters. The fourth-order valence-electron chi connectivity index (χ4n) is 4.77. The first-order valence-electron chi connectivity index (χ1n) is 11.5. The molecule has 2 aromatic carbocycles. The number of hydrogen-bond donors (Lipinski definition) is 1. The van der Waals surface area contributed by atoms with Crippen molar-refractivity contribution in [3.8, 4) is 0 Å². The van der Waals surface area contributed by atoms with Crippen LogP contribution < -0.4 is 5.32 Å². The third-order valence-electron chi connectivity index (χ3n) is 6.68. The number of fused-ring (bicyclic) bond motifs is 1. The molecule has 2 heterocycles. The number of sulfonamides is 1. The van der Waals surface area contributed by atoms with Crippen LogP contribution in [-0.2, 0) is 34.2 Å². The predicted octanol–water partition coefficient (Wildman–Crippen LogP) is 3.46. The van der Waals surface area contributed by atoms with E-state index >= 15 is 0 Å². The SMILES string of the molecule is O=C(Nc1ccnn1Cc1ccccc1)C1CCN(S(=O)(=O)c2ccc3c(c2)CCC3)CC1. The maximum Gasteiger partial charge on any atom is 0.243 e. The van der Waals surface area contributed by atoms with Gasteiger partial charge in [-0.15, -0.1) is 0 Å². The summed E-state index contributed by atoms with van der Waals surface area (Å²) in [4.78, 5) is 13.3. The number of rotatable bonds is 6. The highest BCUT2D eigenvalue weighted by molar-refractivity contribution is 7.89. The number of carbonyl (C=O) groups is 1. The first-order chi connectivity index (χ1) is 16.0. The standard InChI is InChI=1S/C25H28N4O3S/c30-25(27-24-11-14-26-29(24)18-19-5-2-1-3-6-19)21-12-15-28(16-13-21)33(31,32)23-10-9-20-7-4-8-22(20)17-23/h1-3,5-6,9-11,14,17,21H,4,7-8,12-13,15-16,18H2,(H,27,30).